The molecule has 4 rings (SSSR count). The van der Waals surface area contributed by atoms with Crippen molar-refractivity contribution in [1.82, 2.24) is 14.9 Å². The highest BCUT2D eigenvalue weighted by atomic mass is 16.5. The molecule has 1 fully saturated rings. The molecule has 0 aliphatic carbocycles. The zero-order chi connectivity index (χ0) is 20.2. The Morgan fingerprint density at radius 1 is 1.17 bits per heavy atom. The number of rotatable bonds is 5. The predicted molar refractivity (Wildman–Crippen MR) is 111 cm³/mol. The number of nitrogens with two attached hydrogens (primary N) is 1. The summed E-state index contributed by atoms with van der Waals surface area (Å²) in [7, 11) is 0. The maximum atomic E-state index is 11.0. The third-order valence-corrected chi connectivity index (χ3v) is 5.08. The van der Waals surface area contributed by atoms with E-state index in [1.54, 1.807) is 12.4 Å². The van der Waals surface area contributed by atoms with Crippen molar-refractivity contribution in [3.8, 4) is 5.75 Å². The van der Waals surface area contributed by atoms with Crippen LogP contribution in [0.1, 0.15) is 18.4 Å². The number of hydrogen-bond acceptors (Lipinski definition) is 6. The molecule has 1 saturated heterocycles. The molecule has 0 bridgehead atoms. The van der Waals surface area contributed by atoms with Gasteiger partial charge < -0.3 is 25.8 Å². The van der Waals surface area contributed by atoms with E-state index in [2.05, 4.69) is 21.4 Å². The highest BCUT2D eigenvalue weighted by molar-refractivity contribution is 5.91. The summed E-state index contributed by atoms with van der Waals surface area (Å²) < 4.78 is 6.03. The third-order valence-electron chi connectivity index (χ3n) is 5.08. The Labute approximate surface area is 168 Å². The van der Waals surface area contributed by atoms with Gasteiger partial charge in [-0.2, -0.15) is 0 Å². The topological polar surface area (TPSA) is 114 Å². The minimum atomic E-state index is -0.869. The Morgan fingerprint density at radius 2 is 1.97 bits per heavy atom. The van der Waals surface area contributed by atoms with Crippen LogP contribution in [0.3, 0.4) is 0 Å². The molecule has 4 N–H and O–H groups in total. The summed E-state index contributed by atoms with van der Waals surface area (Å²) in [5.41, 5.74) is 7.01. The number of nitrogens with one attached hydrogen (secondary N) is 1. The molecule has 3 aromatic rings. The van der Waals surface area contributed by atoms with Crippen LogP contribution in [-0.4, -0.2) is 45.3 Å². The first-order valence-corrected chi connectivity index (χ1v) is 9.56. The highest BCUT2D eigenvalue weighted by Gasteiger charge is 2.23. The van der Waals surface area contributed by atoms with Crippen molar-refractivity contribution in [3.63, 3.8) is 0 Å². The number of likely N-dealkylation sites (tertiary alicyclic amines) is 1. The molecule has 0 unspecified atom stereocenters. The summed E-state index contributed by atoms with van der Waals surface area (Å²) in [4.78, 5) is 20.9. The van der Waals surface area contributed by atoms with E-state index in [4.69, 9.17) is 15.6 Å². The molecule has 0 spiro atoms. The number of aromatic nitrogens is 2. The molecule has 0 saturated carbocycles. The van der Waals surface area contributed by atoms with E-state index >= 15 is 0 Å². The van der Waals surface area contributed by atoms with Gasteiger partial charge in [-0.3, -0.25) is 0 Å². The Morgan fingerprint density at radius 3 is 2.76 bits per heavy atom. The van der Waals surface area contributed by atoms with Crippen molar-refractivity contribution in [2.45, 2.75) is 25.5 Å². The second-order valence-electron chi connectivity index (χ2n) is 7.07. The van der Waals surface area contributed by atoms with Gasteiger partial charge in [-0.25, -0.2) is 14.8 Å². The van der Waals surface area contributed by atoms with Crippen LogP contribution < -0.4 is 15.8 Å². The molecule has 1 aromatic carbocycles. The zero-order valence-corrected chi connectivity index (χ0v) is 15.9. The number of hydrogen-bond donors (Lipinski definition) is 3. The van der Waals surface area contributed by atoms with Crippen molar-refractivity contribution in [3.05, 3.63) is 54.4 Å². The molecule has 2 aromatic heterocycles. The van der Waals surface area contributed by atoms with E-state index in [1.807, 2.05) is 30.3 Å². The molecule has 29 heavy (non-hydrogen) atoms. The Balaban J connectivity index is 1.36. The molecule has 150 valence electrons. The van der Waals surface area contributed by atoms with Crippen LogP contribution >= 0.6 is 0 Å². The average Bonchev–Trinajstić information content (AvgIpc) is 2.73. The molecule has 1 amide bonds. The van der Waals surface area contributed by atoms with Gasteiger partial charge in [-0.05, 0) is 29.1 Å². The Kier molecular flexibility index (Phi) is 5.33. The van der Waals surface area contributed by atoms with Crippen molar-refractivity contribution in [1.29, 1.82) is 0 Å². The van der Waals surface area contributed by atoms with Gasteiger partial charge >= 0.3 is 6.09 Å². The van der Waals surface area contributed by atoms with Crippen LogP contribution in [0.2, 0.25) is 0 Å². The van der Waals surface area contributed by atoms with E-state index < -0.39 is 6.09 Å². The molecule has 1 aliphatic heterocycles. The van der Waals surface area contributed by atoms with Gasteiger partial charge in [-0.15, -0.1) is 0 Å². The van der Waals surface area contributed by atoms with Gasteiger partial charge in [0.05, 0.1) is 0 Å². The van der Waals surface area contributed by atoms with E-state index in [0.717, 1.165) is 27.9 Å². The summed E-state index contributed by atoms with van der Waals surface area (Å²) in [6.07, 6.45) is 3.93. The lowest BCUT2D eigenvalue weighted by atomic mass is 10.1. The summed E-state index contributed by atoms with van der Waals surface area (Å²) >= 11 is 0. The molecule has 0 radical (unpaired) electrons. The number of amides is 1. The first-order chi connectivity index (χ1) is 14.1. The predicted octanol–water partition coefficient (Wildman–Crippen LogP) is 3.35. The summed E-state index contributed by atoms with van der Waals surface area (Å²) in [6, 6.07) is 11.7. The lowest BCUT2D eigenvalue weighted by Gasteiger charge is -2.30. The van der Waals surface area contributed by atoms with Gasteiger partial charge in [-0.1, -0.05) is 12.1 Å². The average molecular weight is 393 g/mol. The van der Waals surface area contributed by atoms with Gasteiger partial charge in [0.1, 0.15) is 23.5 Å². The number of benzene rings is 1. The standard InChI is InChI=1S/C21H23N5O3/c22-20-18-2-1-14(11-15(18)3-7-24-20)13-25-19-12-17(4-8-23-19)29-16-5-9-26(10-6-16)21(27)28/h1-4,7-8,11-12,16H,5-6,9-10,13H2,(H2,22,24)(H,23,25)(H,27,28). The summed E-state index contributed by atoms with van der Waals surface area (Å²) in [6.45, 7) is 1.61. The lowest BCUT2D eigenvalue weighted by Crippen LogP contribution is -2.41. The van der Waals surface area contributed by atoms with Crippen LogP contribution in [-0.2, 0) is 6.54 Å². The van der Waals surface area contributed by atoms with E-state index in [0.29, 0.717) is 38.3 Å². The summed E-state index contributed by atoms with van der Waals surface area (Å²) in [5.74, 6) is 1.98. The van der Waals surface area contributed by atoms with Gasteiger partial charge in [0.25, 0.3) is 0 Å². The van der Waals surface area contributed by atoms with E-state index in [1.165, 1.54) is 4.90 Å². The zero-order valence-electron chi connectivity index (χ0n) is 15.9. The number of ether oxygens (including phenoxy) is 1. The van der Waals surface area contributed by atoms with E-state index in [9.17, 15) is 4.79 Å². The number of carbonyl (C=O) groups is 1. The smallest absolute Gasteiger partial charge is 0.407 e. The second kappa shape index (κ2) is 8.22. The lowest BCUT2D eigenvalue weighted by molar-refractivity contribution is 0.0895. The number of carboxylic acid groups (broad SMARTS) is 1. The monoisotopic (exact) mass is 393 g/mol. The number of nitrogens with zero attached hydrogens (tertiary/aromatic N) is 3. The number of pyridine rings is 2. The molecule has 3 heterocycles. The molecule has 8 nitrogen and oxygen atoms in total. The van der Waals surface area contributed by atoms with E-state index in [-0.39, 0.29) is 6.10 Å². The van der Waals surface area contributed by atoms with Crippen molar-refractivity contribution >= 4 is 28.5 Å². The highest BCUT2D eigenvalue weighted by Crippen LogP contribution is 2.23. The van der Waals surface area contributed by atoms with Crippen LogP contribution in [0.15, 0.2) is 48.8 Å². The Bertz CT molecular complexity index is 1020. The van der Waals surface area contributed by atoms with Gasteiger partial charge in [0.15, 0.2) is 0 Å². The first kappa shape index (κ1) is 18.8. The van der Waals surface area contributed by atoms with Crippen molar-refractivity contribution < 1.29 is 14.6 Å². The minimum absolute atomic E-state index is 0.0143. The number of piperidine rings is 1. The van der Waals surface area contributed by atoms with Crippen molar-refractivity contribution in [2.24, 2.45) is 0 Å². The third kappa shape index (κ3) is 4.48. The first-order valence-electron chi connectivity index (χ1n) is 9.56. The summed E-state index contributed by atoms with van der Waals surface area (Å²) in [5, 5.41) is 14.3. The second-order valence-corrected chi connectivity index (χ2v) is 7.07. The van der Waals surface area contributed by atoms with Gasteiger partial charge in [0, 0.05) is 56.3 Å². The minimum Gasteiger partial charge on any atom is -0.490 e. The van der Waals surface area contributed by atoms with Gasteiger partial charge in [0.2, 0.25) is 0 Å². The molecule has 8 heteroatoms. The van der Waals surface area contributed by atoms with Crippen LogP contribution in [0, 0.1) is 0 Å². The number of nitrogen functional groups attached to an aromatic ring is 1. The SMILES string of the molecule is Nc1nccc2cc(CNc3cc(OC4CCN(C(=O)O)CC4)ccn3)ccc12. The number of anilines is 2. The van der Waals surface area contributed by atoms with Crippen LogP contribution in [0.4, 0.5) is 16.4 Å². The Hall–Kier alpha value is -3.55. The maximum Gasteiger partial charge on any atom is 0.407 e. The van der Waals surface area contributed by atoms with Crippen molar-refractivity contribution in [2.75, 3.05) is 24.1 Å². The molecule has 0 atom stereocenters. The number of fused-ring (bicyclic) bond motifs is 1. The maximum absolute atomic E-state index is 11.0. The fourth-order valence-corrected chi connectivity index (χ4v) is 3.49. The molecule has 1 aliphatic rings. The quantitative estimate of drug-likeness (QED) is 0.609. The normalized spacial score (nSPS) is 14.7. The largest absolute Gasteiger partial charge is 0.490 e. The fraction of sp³-hybridized carbons (Fsp3) is 0.286. The van der Waals surface area contributed by atoms with Crippen LogP contribution in [0.25, 0.3) is 10.8 Å². The van der Waals surface area contributed by atoms with Crippen LogP contribution in [0.5, 0.6) is 5.75 Å². The molecular formula is C21H23N5O3. The molecular weight excluding hydrogens is 370 g/mol. The fourth-order valence-electron chi connectivity index (χ4n) is 3.49.